The molecule has 0 bridgehead atoms. The van der Waals surface area contributed by atoms with Crippen LogP contribution in [0.15, 0.2) is 0 Å². The molecular weight excluding hydrogens is 212 g/mol. The van der Waals surface area contributed by atoms with Gasteiger partial charge in [0.25, 0.3) is 0 Å². The topological polar surface area (TPSA) is 49.4 Å². The lowest BCUT2D eigenvalue weighted by Crippen LogP contribution is -2.33. The van der Waals surface area contributed by atoms with Crippen LogP contribution in [0.4, 0.5) is 0 Å². The predicted molar refractivity (Wildman–Crippen MR) is 64.4 cm³/mol. The van der Waals surface area contributed by atoms with Gasteiger partial charge in [-0.2, -0.15) is 0 Å². The zero-order valence-electron chi connectivity index (χ0n) is 10.3. The predicted octanol–water partition coefficient (Wildman–Crippen LogP) is 0.904. The van der Waals surface area contributed by atoms with Crippen molar-refractivity contribution in [3.05, 3.63) is 0 Å². The molecule has 1 atom stereocenters. The van der Waals surface area contributed by atoms with E-state index in [4.69, 9.17) is 0 Å². The molecule has 0 amide bonds. The summed E-state index contributed by atoms with van der Waals surface area (Å²) in [4.78, 5) is 0. The average Bonchev–Trinajstić information content (AvgIpc) is 2.17. The van der Waals surface area contributed by atoms with Crippen molar-refractivity contribution in [1.29, 1.82) is 0 Å². The lowest BCUT2D eigenvalue weighted by molar-refractivity contribution is 0.393. The summed E-state index contributed by atoms with van der Waals surface area (Å²) in [5, 5.41) is 2.95. The highest BCUT2D eigenvalue weighted by molar-refractivity contribution is 7.89. The maximum Gasteiger partial charge on any atom is 0.213 e. The van der Waals surface area contributed by atoms with Crippen LogP contribution in [0.25, 0.3) is 0 Å². The third kappa shape index (κ3) is 6.12. The number of hydrogen-bond donors (Lipinski definition) is 1. The summed E-state index contributed by atoms with van der Waals surface area (Å²) in [7, 11) is 0.452. The number of rotatable bonds is 8. The molecule has 15 heavy (non-hydrogen) atoms. The highest BCUT2D eigenvalue weighted by Gasteiger charge is 2.18. The second kappa shape index (κ2) is 7.19. The van der Waals surface area contributed by atoms with Crippen LogP contribution < -0.4 is 5.32 Å². The van der Waals surface area contributed by atoms with E-state index in [0.29, 0.717) is 18.9 Å². The normalized spacial score (nSPS) is 14.5. The summed E-state index contributed by atoms with van der Waals surface area (Å²) in [5.41, 5.74) is 0. The summed E-state index contributed by atoms with van der Waals surface area (Å²) in [6.45, 7) is 5.51. The van der Waals surface area contributed by atoms with Crippen molar-refractivity contribution in [3.8, 4) is 0 Å². The van der Waals surface area contributed by atoms with Gasteiger partial charge in [-0.05, 0) is 25.9 Å². The molecule has 0 aliphatic carbocycles. The minimum absolute atomic E-state index is 0.237. The molecule has 0 saturated heterocycles. The first-order valence-corrected chi connectivity index (χ1v) is 7.13. The summed E-state index contributed by atoms with van der Waals surface area (Å²) in [6, 6.07) is 0. The third-order valence-electron chi connectivity index (χ3n) is 2.57. The van der Waals surface area contributed by atoms with E-state index in [0.717, 1.165) is 13.0 Å². The average molecular weight is 236 g/mol. The molecule has 1 N–H and O–H groups in total. The molecule has 0 aliphatic rings. The summed E-state index contributed by atoms with van der Waals surface area (Å²) in [5.74, 6) is 0.662. The summed E-state index contributed by atoms with van der Waals surface area (Å²) >= 11 is 0. The van der Waals surface area contributed by atoms with Gasteiger partial charge < -0.3 is 5.32 Å². The minimum Gasteiger partial charge on any atom is -0.320 e. The Balaban J connectivity index is 4.08. The van der Waals surface area contributed by atoms with Gasteiger partial charge in [-0.25, -0.2) is 12.7 Å². The zero-order chi connectivity index (χ0) is 11.9. The van der Waals surface area contributed by atoms with E-state index in [1.807, 2.05) is 7.05 Å². The Labute approximate surface area is 94.1 Å². The Morgan fingerprint density at radius 2 is 2.00 bits per heavy atom. The monoisotopic (exact) mass is 236 g/mol. The highest BCUT2D eigenvalue weighted by atomic mass is 32.2. The van der Waals surface area contributed by atoms with Crippen LogP contribution in [0, 0.1) is 5.92 Å². The van der Waals surface area contributed by atoms with Gasteiger partial charge in [-0.1, -0.05) is 20.3 Å². The number of nitrogens with zero attached hydrogens (tertiary/aromatic N) is 1. The van der Waals surface area contributed by atoms with Crippen LogP contribution in [0.1, 0.15) is 26.7 Å². The van der Waals surface area contributed by atoms with E-state index in [1.165, 1.54) is 4.31 Å². The van der Waals surface area contributed by atoms with Gasteiger partial charge in [0.05, 0.1) is 5.75 Å². The largest absolute Gasteiger partial charge is 0.320 e. The minimum atomic E-state index is -3.04. The molecule has 0 rings (SSSR count). The van der Waals surface area contributed by atoms with Crippen molar-refractivity contribution in [2.45, 2.75) is 26.7 Å². The summed E-state index contributed by atoms with van der Waals surface area (Å²) < 4.78 is 25.0. The Bertz CT molecular complexity index is 252. The first-order chi connectivity index (χ1) is 6.94. The van der Waals surface area contributed by atoms with Crippen LogP contribution in [-0.2, 0) is 10.0 Å². The molecule has 0 heterocycles. The number of hydrogen-bond acceptors (Lipinski definition) is 3. The fraction of sp³-hybridized carbons (Fsp3) is 1.00. The van der Waals surface area contributed by atoms with Gasteiger partial charge in [-0.15, -0.1) is 0 Å². The second-order valence-corrected chi connectivity index (χ2v) is 6.26. The van der Waals surface area contributed by atoms with E-state index < -0.39 is 10.0 Å². The van der Waals surface area contributed by atoms with Crippen LogP contribution in [0.5, 0.6) is 0 Å². The smallest absolute Gasteiger partial charge is 0.213 e. The zero-order valence-corrected chi connectivity index (χ0v) is 11.1. The Hall–Kier alpha value is -0.130. The van der Waals surface area contributed by atoms with Crippen LogP contribution in [0.3, 0.4) is 0 Å². The summed E-state index contributed by atoms with van der Waals surface area (Å²) in [6.07, 6.45) is 1.68. The quantitative estimate of drug-likeness (QED) is 0.637. The van der Waals surface area contributed by atoms with Crippen molar-refractivity contribution < 1.29 is 8.42 Å². The van der Waals surface area contributed by atoms with Crippen molar-refractivity contribution >= 4 is 10.0 Å². The van der Waals surface area contributed by atoms with Gasteiger partial charge in [-0.3, -0.25) is 0 Å². The molecular formula is C10H24N2O2S. The van der Waals surface area contributed by atoms with Crippen LogP contribution >= 0.6 is 0 Å². The van der Waals surface area contributed by atoms with Crippen molar-refractivity contribution in [3.63, 3.8) is 0 Å². The molecule has 0 fully saturated rings. The SMILES string of the molecule is CCC(C)CN(C)S(=O)(=O)CCCNC. The van der Waals surface area contributed by atoms with E-state index in [-0.39, 0.29) is 5.75 Å². The van der Waals surface area contributed by atoms with Gasteiger partial charge in [0, 0.05) is 13.6 Å². The molecule has 0 aliphatic heterocycles. The van der Waals surface area contributed by atoms with Gasteiger partial charge >= 0.3 is 0 Å². The van der Waals surface area contributed by atoms with Gasteiger partial charge in [0.15, 0.2) is 0 Å². The second-order valence-electron chi connectivity index (χ2n) is 4.07. The number of sulfonamides is 1. The lowest BCUT2D eigenvalue weighted by atomic mass is 10.1. The molecule has 4 nitrogen and oxygen atoms in total. The van der Waals surface area contributed by atoms with E-state index in [9.17, 15) is 8.42 Å². The fourth-order valence-electron chi connectivity index (χ4n) is 1.27. The Kier molecular flexibility index (Phi) is 7.13. The molecule has 92 valence electrons. The highest BCUT2D eigenvalue weighted by Crippen LogP contribution is 2.07. The van der Waals surface area contributed by atoms with E-state index in [1.54, 1.807) is 7.05 Å². The van der Waals surface area contributed by atoms with Crippen LogP contribution in [-0.4, -0.2) is 45.7 Å². The van der Waals surface area contributed by atoms with Gasteiger partial charge in [0.2, 0.25) is 10.0 Å². The fourth-order valence-corrected chi connectivity index (χ4v) is 2.57. The standard InChI is InChI=1S/C10H24N2O2S/c1-5-10(2)9-12(4)15(13,14)8-6-7-11-3/h10-11H,5-9H2,1-4H3. The first kappa shape index (κ1) is 14.9. The Morgan fingerprint density at radius 1 is 1.40 bits per heavy atom. The maximum absolute atomic E-state index is 11.8. The Morgan fingerprint density at radius 3 is 2.47 bits per heavy atom. The molecule has 1 unspecified atom stereocenters. The molecule has 0 spiro atoms. The third-order valence-corrected chi connectivity index (χ3v) is 4.47. The van der Waals surface area contributed by atoms with Crippen molar-refractivity contribution in [1.82, 2.24) is 9.62 Å². The molecule has 0 aromatic carbocycles. The van der Waals surface area contributed by atoms with E-state index >= 15 is 0 Å². The molecule has 0 radical (unpaired) electrons. The van der Waals surface area contributed by atoms with E-state index in [2.05, 4.69) is 19.2 Å². The van der Waals surface area contributed by atoms with Crippen molar-refractivity contribution in [2.24, 2.45) is 5.92 Å². The van der Waals surface area contributed by atoms with Gasteiger partial charge in [0.1, 0.15) is 0 Å². The molecule has 5 heteroatoms. The molecule has 0 aromatic heterocycles. The first-order valence-electron chi connectivity index (χ1n) is 5.52. The lowest BCUT2D eigenvalue weighted by Gasteiger charge is -2.20. The van der Waals surface area contributed by atoms with Crippen molar-refractivity contribution in [2.75, 3.05) is 32.9 Å². The van der Waals surface area contributed by atoms with Crippen LogP contribution in [0.2, 0.25) is 0 Å². The molecule has 0 aromatic rings. The molecule has 0 saturated carbocycles. The number of nitrogens with one attached hydrogen (secondary N) is 1. The maximum atomic E-state index is 11.8.